The molecule has 18 heavy (non-hydrogen) atoms. The van der Waals surface area contributed by atoms with Gasteiger partial charge in [-0.1, -0.05) is 0 Å². The fraction of sp³-hybridized carbons (Fsp3) is 0.643. The summed E-state index contributed by atoms with van der Waals surface area (Å²) in [4.78, 5) is 15.8. The minimum absolute atomic E-state index is 0.217. The van der Waals surface area contributed by atoms with Crippen molar-refractivity contribution in [2.45, 2.75) is 25.7 Å². The second-order valence-electron chi connectivity index (χ2n) is 5.04. The third kappa shape index (κ3) is 3.56. The Morgan fingerprint density at radius 1 is 1.44 bits per heavy atom. The van der Waals surface area contributed by atoms with Crippen molar-refractivity contribution in [3.8, 4) is 0 Å². The summed E-state index contributed by atoms with van der Waals surface area (Å²) in [6.07, 6.45) is 4.96. The Labute approximate surface area is 113 Å². The van der Waals surface area contributed by atoms with E-state index in [2.05, 4.69) is 18.0 Å². The van der Waals surface area contributed by atoms with Gasteiger partial charge in [-0.05, 0) is 63.9 Å². The summed E-state index contributed by atoms with van der Waals surface area (Å²) in [6, 6.07) is 3.94. The van der Waals surface area contributed by atoms with Crippen LogP contribution >= 0.6 is 11.3 Å². The maximum atomic E-state index is 11.4. The summed E-state index contributed by atoms with van der Waals surface area (Å²) in [5.41, 5.74) is 0. The smallest absolute Gasteiger partial charge is 0.348 e. The number of carbonyl (C=O) groups is 1. The molecule has 4 heteroatoms. The fourth-order valence-electron chi connectivity index (χ4n) is 2.42. The summed E-state index contributed by atoms with van der Waals surface area (Å²) >= 11 is 1.57. The number of hydrogen-bond donors (Lipinski definition) is 0. The van der Waals surface area contributed by atoms with Gasteiger partial charge in [-0.3, -0.25) is 0 Å². The van der Waals surface area contributed by atoms with Gasteiger partial charge in [0.1, 0.15) is 4.88 Å². The van der Waals surface area contributed by atoms with Gasteiger partial charge in [0.2, 0.25) is 0 Å². The van der Waals surface area contributed by atoms with Crippen LogP contribution < -0.4 is 0 Å². The molecule has 0 aliphatic carbocycles. The van der Waals surface area contributed by atoms with E-state index in [0.717, 1.165) is 17.2 Å². The zero-order valence-corrected chi connectivity index (χ0v) is 12.0. The maximum absolute atomic E-state index is 11.4. The molecule has 1 aliphatic heterocycles. The Kier molecular flexibility index (Phi) is 4.78. The minimum Gasteiger partial charge on any atom is -0.465 e. The molecular formula is C14H21NO2S. The Morgan fingerprint density at radius 2 is 2.17 bits per heavy atom. The molecule has 1 aliphatic rings. The summed E-state index contributed by atoms with van der Waals surface area (Å²) in [5.74, 6) is 0.635. The van der Waals surface area contributed by atoms with Crippen LogP contribution in [0.4, 0.5) is 0 Å². The van der Waals surface area contributed by atoms with E-state index in [1.807, 2.05) is 6.07 Å². The standard InChI is InChI=1S/C14H21NO2S/c1-15-9-7-11(8-10-15)3-4-12-5-6-13(18-12)14(16)17-2/h5-6,11H,3-4,7-10H2,1-2H3. The largest absolute Gasteiger partial charge is 0.465 e. The van der Waals surface area contributed by atoms with Crippen LogP contribution in [0.3, 0.4) is 0 Å². The highest BCUT2D eigenvalue weighted by Crippen LogP contribution is 2.24. The minimum atomic E-state index is -0.217. The summed E-state index contributed by atoms with van der Waals surface area (Å²) in [6.45, 7) is 2.45. The molecule has 0 bridgehead atoms. The van der Waals surface area contributed by atoms with Crippen LogP contribution in [-0.4, -0.2) is 38.1 Å². The maximum Gasteiger partial charge on any atom is 0.348 e. The Bertz CT molecular complexity index is 394. The first-order chi connectivity index (χ1) is 8.69. The number of rotatable bonds is 4. The quantitative estimate of drug-likeness (QED) is 0.786. The first-order valence-electron chi connectivity index (χ1n) is 6.54. The van der Waals surface area contributed by atoms with Crippen molar-refractivity contribution in [1.29, 1.82) is 0 Å². The normalized spacial score (nSPS) is 17.9. The summed E-state index contributed by atoms with van der Waals surface area (Å²) in [5, 5.41) is 0. The summed E-state index contributed by atoms with van der Waals surface area (Å²) in [7, 11) is 3.62. The van der Waals surface area contributed by atoms with Crippen molar-refractivity contribution < 1.29 is 9.53 Å². The number of esters is 1. The topological polar surface area (TPSA) is 29.5 Å². The van der Waals surface area contributed by atoms with Crippen molar-refractivity contribution in [3.63, 3.8) is 0 Å². The van der Waals surface area contributed by atoms with Gasteiger partial charge in [-0.15, -0.1) is 11.3 Å². The van der Waals surface area contributed by atoms with E-state index in [1.54, 1.807) is 11.3 Å². The molecule has 1 fully saturated rings. The molecule has 0 aromatic carbocycles. The van der Waals surface area contributed by atoms with Crippen molar-refractivity contribution in [1.82, 2.24) is 4.90 Å². The van der Waals surface area contributed by atoms with E-state index in [1.165, 1.54) is 44.3 Å². The number of thiophene rings is 1. The predicted octanol–water partition coefficient (Wildman–Crippen LogP) is 2.81. The number of methoxy groups -OCH3 is 1. The fourth-order valence-corrected chi connectivity index (χ4v) is 3.36. The van der Waals surface area contributed by atoms with Crippen molar-refractivity contribution in [2.24, 2.45) is 5.92 Å². The van der Waals surface area contributed by atoms with E-state index in [4.69, 9.17) is 4.74 Å². The van der Waals surface area contributed by atoms with Crippen molar-refractivity contribution in [2.75, 3.05) is 27.2 Å². The van der Waals surface area contributed by atoms with E-state index in [-0.39, 0.29) is 5.97 Å². The van der Waals surface area contributed by atoms with Crippen molar-refractivity contribution >= 4 is 17.3 Å². The molecule has 1 aromatic heterocycles. The van der Waals surface area contributed by atoms with Gasteiger partial charge in [0.15, 0.2) is 0 Å². The van der Waals surface area contributed by atoms with Gasteiger partial charge in [0, 0.05) is 4.88 Å². The highest BCUT2D eigenvalue weighted by molar-refractivity contribution is 7.13. The lowest BCUT2D eigenvalue weighted by Gasteiger charge is -2.28. The van der Waals surface area contributed by atoms with Crippen LogP contribution in [0, 0.1) is 5.92 Å². The zero-order chi connectivity index (χ0) is 13.0. The molecule has 0 radical (unpaired) electrons. The van der Waals surface area contributed by atoms with Crippen LogP contribution in [0.15, 0.2) is 12.1 Å². The molecular weight excluding hydrogens is 246 g/mol. The lowest BCUT2D eigenvalue weighted by Crippen LogP contribution is -2.30. The molecule has 3 nitrogen and oxygen atoms in total. The Balaban J connectivity index is 1.79. The molecule has 0 saturated carbocycles. The molecule has 0 N–H and O–H groups in total. The molecule has 1 saturated heterocycles. The number of nitrogens with zero attached hydrogens (tertiary/aromatic N) is 1. The van der Waals surface area contributed by atoms with Gasteiger partial charge >= 0.3 is 5.97 Å². The Hall–Kier alpha value is -0.870. The number of hydrogen-bond acceptors (Lipinski definition) is 4. The third-order valence-corrected chi connectivity index (χ3v) is 4.81. The number of ether oxygens (including phenoxy) is 1. The number of carbonyl (C=O) groups excluding carboxylic acids is 1. The van der Waals surface area contributed by atoms with Gasteiger partial charge < -0.3 is 9.64 Å². The highest BCUT2D eigenvalue weighted by Gasteiger charge is 2.17. The van der Waals surface area contributed by atoms with E-state index in [0.29, 0.717) is 0 Å². The number of piperidine rings is 1. The highest BCUT2D eigenvalue weighted by atomic mass is 32.1. The van der Waals surface area contributed by atoms with E-state index in [9.17, 15) is 4.79 Å². The molecule has 0 amide bonds. The Morgan fingerprint density at radius 3 is 2.83 bits per heavy atom. The third-order valence-electron chi connectivity index (χ3n) is 3.69. The summed E-state index contributed by atoms with van der Waals surface area (Å²) < 4.78 is 4.72. The SMILES string of the molecule is COC(=O)c1ccc(CCC2CCN(C)CC2)s1. The average Bonchev–Trinajstić information content (AvgIpc) is 2.86. The number of likely N-dealkylation sites (tertiary alicyclic amines) is 1. The van der Waals surface area contributed by atoms with Crippen molar-refractivity contribution in [3.05, 3.63) is 21.9 Å². The zero-order valence-electron chi connectivity index (χ0n) is 11.1. The van der Waals surface area contributed by atoms with Gasteiger partial charge in [-0.2, -0.15) is 0 Å². The first kappa shape index (κ1) is 13.6. The molecule has 0 spiro atoms. The lowest BCUT2D eigenvalue weighted by atomic mass is 9.92. The molecule has 100 valence electrons. The molecule has 0 atom stereocenters. The first-order valence-corrected chi connectivity index (χ1v) is 7.36. The molecule has 2 rings (SSSR count). The molecule has 0 unspecified atom stereocenters. The van der Waals surface area contributed by atoms with E-state index >= 15 is 0 Å². The predicted molar refractivity (Wildman–Crippen MR) is 74.2 cm³/mol. The van der Waals surface area contributed by atoms with Crippen LogP contribution in [0.5, 0.6) is 0 Å². The number of aryl methyl sites for hydroxylation is 1. The monoisotopic (exact) mass is 267 g/mol. The second-order valence-corrected chi connectivity index (χ2v) is 6.21. The average molecular weight is 267 g/mol. The van der Waals surface area contributed by atoms with Gasteiger partial charge in [-0.25, -0.2) is 4.79 Å². The van der Waals surface area contributed by atoms with Crippen LogP contribution in [-0.2, 0) is 11.2 Å². The lowest BCUT2D eigenvalue weighted by molar-refractivity contribution is 0.0606. The van der Waals surface area contributed by atoms with Crippen LogP contribution in [0.1, 0.15) is 33.8 Å². The van der Waals surface area contributed by atoms with Crippen LogP contribution in [0.25, 0.3) is 0 Å². The van der Waals surface area contributed by atoms with E-state index < -0.39 is 0 Å². The molecule has 2 heterocycles. The van der Waals surface area contributed by atoms with Gasteiger partial charge in [0.25, 0.3) is 0 Å². The van der Waals surface area contributed by atoms with Crippen LogP contribution in [0.2, 0.25) is 0 Å². The molecule has 1 aromatic rings. The second kappa shape index (κ2) is 6.34. The van der Waals surface area contributed by atoms with Gasteiger partial charge in [0.05, 0.1) is 7.11 Å².